The van der Waals surface area contributed by atoms with Crippen molar-refractivity contribution in [3.05, 3.63) is 17.7 Å². The lowest BCUT2D eigenvalue weighted by atomic mass is 10.1. The molecule has 118 valence electrons. The molecule has 21 heavy (non-hydrogen) atoms. The summed E-state index contributed by atoms with van der Waals surface area (Å²) in [5, 5.41) is 3.54. The standard InChI is InChI=1S/C14H20BrNO5/c1-18-11-8-10(9-12(19-2)13(11)20-3)14(17)16-5-7-21-6-4-15/h8-9H,4-7H2,1-3H3,(H,16,17). The third-order valence-electron chi connectivity index (χ3n) is 2.68. The molecule has 0 saturated heterocycles. The van der Waals surface area contributed by atoms with Gasteiger partial charge in [0.2, 0.25) is 5.75 Å². The molecule has 0 saturated carbocycles. The third kappa shape index (κ3) is 5.09. The van der Waals surface area contributed by atoms with Crippen LogP contribution in [0.2, 0.25) is 0 Å². The van der Waals surface area contributed by atoms with Crippen LogP contribution in [0, 0.1) is 0 Å². The normalized spacial score (nSPS) is 10.1. The van der Waals surface area contributed by atoms with Gasteiger partial charge in [0.25, 0.3) is 5.91 Å². The fraction of sp³-hybridized carbons (Fsp3) is 0.500. The van der Waals surface area contributed by atoms with Crippen LogP contribution in [0.1, 0.15) is 10.4 Å². The summed E-state index contributed by atoms with van der Waals surface area (Å²) < 4.78 is 20.9. The topological polar surface area (TPSA) is 66.0 Å². The highest BCUT2D eigenvalue weighted by atomic mass is 79.9. The second-order valence-electron chi connectivity index (χ2n) is 3.97. The van der Waals surface area contributed by atoms with Crippen molar-refractivity contribution in [1.82, 2.24) is 5.32 Å². The van der Waals surface area contributed by atoms with Gasteiger partial charge in [-0.2, -0.15) is 0 Å². The molecule has 6 nitrogen and oxygen atoms in total. The van der Waals surface area contributed by atoms with Crippen molar-refractivity contribution in [2.75, 3.05) is 46.4 Å². The van der Waals surface area contributed by atoms with Gasteiger partial charge in [-0.1, -0.05) is 15.9 Å². The number of ether oxygens (including phenoxy) is 4. The Morgan fingerprint density at radius 1 is 1.10 bits per heavy atom. The van der Waals surface area contributed by atoms with E-state index in [0.29, 0.717) is 42.6 Å². The SMILES string of the molecule is COc1cc(C(=O)NCCOCCBr)cc(OC)c1OC. The van der Waals surface area contributed by atoms with Gasteiger partial charge >= 0.3 is 0 Å². The van der Waals surface area contributed by atoms with Crippen LogP contribution in [-0.2, 0) is 4.74 Å². The summed E-state index contributed by atoms with van der Waals surface area (Å²) in [5.74, 6) is 1.11. The van der Waals surface area contributed by atoms with E-state index in [1.54, 1.807) is 12.1 Å². The number of benzene rings is 1. The summed E-state index contributed by atoms with van der Waals surface area (Å²) in [7, 11) is 4.53. The van der Waals surface area contributed by atoms with Crippen LogP contribution in [0.15, 0.2) is 12.1 Å². The van der Waals surface area contributed by atoms with Crippen LogP contribution in [0.4, 0.5) is 0 Å². The maximum absolute atomic E-state index is 12.1. The minimum atomic E-state index is -0.225. The van der Waals surface area contributed by atoms with Gasteiger partial charge in [0.1, 0.15) is 0 Å². The molecule has 1 rings (SSSR count). The lowest BCUT2D eigenvalue weighted by molar-refractivity contribution is 0.0923. The van der Waals surface area contributed by atoms with Crippen molar-refractivity contribution in [3.8, 4) is 17.2 Å². The minimum Gasteiger partial charge on any atom is -0.493 e. The second-order valence-corrected chi connectivity index (χ2v) is 4.76. The van der Waals surface area contributed by atoms with Crippen molar-refractivity contribution in [2.24, 2.45) is 0 Å². The van der Waals surface area contributed by atoms with Crippen molar-refractivity contribution in [2.45, 2.75) is 0 Å². The van der Waals surface area contributed by atoms with Crippen LogP contribution < -0.4 is 19.5 Å². The zero-order chi connectivity index (χ0) is 15.7. The number of carbonyl (C=O) groups excluding carboxylic acids is 1. The average Bonchev–Trinajstić information content (AvgIpc) is 2.52. The molecule has 7 heteroatoms. The van der Waals surface area contributed by atoms with Crippen LogP contribution >= 0.6 is 15.9 Å². The zero-order valence-corrected chi connectivity index (χ0v) is 14.0. The van der Waals surface area contributed by atoms with E-state index in [4.69, 9.17) is 18.9 Å². The Kier molecular flexibility index (Phi) is 7.92. The number of carbonyl (C=O) groups is 1. The summed E-state index contributed by atoms with van der Waals surface area (Å²) in [5.41, 5.74) is 0.435. The third-order valence-corrected chi connectivity index (χ3v) is 3.00. The number of methoxy groups -OCH3 is 3. The highest BCUT2D eigenvalue weighted by Gasteiger charge is 2.16. The molecule has 0 aromatic heterocycles. The molecule has 1 N–H and O–H groups in total. The van der Waals surface area contributed by atoms with Crippen molar-refractivity contribution < 1.29 is 23.7 Å². The van der Waals surface area contributed by atoms with E-state index in [1.807, 2.05) is 0 Å². The number of rotatable bonds is 9. The molecule has 0 unspecified atom stereocenters. The monoisotopic (exact) mass is 361 g/mol. The summed E-state index contributed by atoms with van der Waals surface area (Å²) in [6.07, 6.45) is 0. The fourth-order valence-electron chi connectivity index (χ4n) is 1.71. The number of hydrogen-bond acceptors (Lipinski definition) is 5. The lowest BCUT2D eigenvalue weighted by Crippen LogP contribution is -2.27. The summed E-state index contributed by atoms with van der Waals surface area (Å²) in [6, 6.07) is 3.21. The van der Waals surface area contributed by atoms with Crippen LogP contribution in [0.5, 0.6) is 17.2 Å². The van der Waals surface area contributed by atoms with Crippen molar-refractivity contribution >= 4 is 21.8 Å². The first kappa shape index (κ1) is 17.6. The van der Waals surface area contributed by atoms with Crippen LogP contribution in [-0.4, -0.2) is 52.3 Å². The fourth-order valence-corrected chi connectivity index (χ4v) is 1.94. The predicted molar refractivity (Wildman–Crippen MR) is 83.0 cm³/mol. The van der Waals surface area contributed by atoms with Crippen LogP contribution in [0.25, 0.3) is 0 Å². The van der Waals surface area contributed by atoms with Gasteiger partial charge in [-0.15, -0.1) is 0 Å². The highest BCUT2D eigenvalue weighted by Crippen LogP contribution is 2.38. The van der Waals surface area contributed by atoms with E-state index in [-0.39, 0.29) is 5.91 Å². The molecule has 0 atom stereocenters. The van der Waals surface area contributed by atoms with Crippen molar-refractivity contribution in [3.63, 3.8) is 0 Å². The Morgan fingerprint density at radius 3 is 2.19 bits per heavy atom. The van der Waals surface area contributed by atoms with E-state index in [2.05, 4.69) is 21.2 Å². The molecular weight excluding hydrogens is 342 g/mol. The molecule has 0 aliphatic carbocycles. The lowest BCUT2D eigenvalue weighted by Gasteiger charge is -2.14. The first-order chi connectivity index (χ1) is 10.2. The molecule has 0 fully saturated rings. The first-order valence-corrected chi connectivity index (χ1v) is 7.52. The Labute approximate surface area is 132 Å². The Morgan fingerprint density at radius 2 is 1.71 bits per heavy atom. The Balaban J connectivity index is 2.75. The number of amides is 1. The van der Waals surface area contributed by atoms with E-state index in [1.165, 1.54) is 21.3 Å². The van der Waals surface area contributed by atoms with E-state index < -0.39 is 0 Å². The molecule has 0 heterocycles. The minimum absolute atomic E-state index is 0.225. The number of halogens is 1. The number of hydrogen-bond donors (Lipinski definition) is 1. The van der Waals surface area contributed by atoms with Gasteiger partial charge in [0.15, 0.2) is 11.5 Å². The summed E-state index contributed by atoms with van der Waals surface area (Å²) >= 11 is 3.26. The maximum atomic E-state index is 12.1. The quantitative estimate of drug-likeness (QED) is 0.537. The van der Waals surface area contributed by atoms with Gasteiger partial charge in [-0.05, 0) is 12.1 Å². The molecule has 0 aliphatic rings. The number of nitrogens with one attached hydrogen (secondary N) is 1. The Bertz CT molecular complexity index is 442. The molecule has 0 bridgehead atoms. The molecule has 0 spiro atoms. The molecule has 0 aliphatic heterocycles. The van der Waals surface area contributed by atoms with Gasteiger partial charge in [-0.3, -0.25) is 4.79 Å². The van der Waals surface area contributed by atoms with Gasteiger partial charge in [-0.25, -0.2) is 0 Å². The largest absolute Gasteiger partial charge is 0.493 e. The smallest absolute Gasteiger partial charge is 0.251 e. The molecule has 1 aromatic rings. The van der Waals surface area contributed by atoms with Gasteiger partial charge < -0.3 is 24.3 Å². The Hall–Kier alpha value is -1.47. The predicted octanol–water partition coefficient (Wildman–Crippen LogP) is 1.85. The van der Waals surface area contributed by atoms with Crippen LogP contribution in [0.3, 0.4) is 0 Å². The van der Waals surface area contributed by atoms with E-state index in [9.17, 15) is 4.79 Å². The molecule has 0 radical (unpaired) electrons. The van der Waals surface area contributed by atoms with Gasteiger partial charge in [0, 0.05) is 17.4 Å². The summed E-state index contributed by atoms with van der Waals surface area (Å²) in [6.45, 7) is 1.50. The van der Waals surface area contributed by atoms with E-state index >= 15 is 0 Å². The summed E-state index contributed by atoms with van der Waals surface area (Å²) in [4.78, 5) is 12.1. The maximum Gasteiger partial charge on any atom is 0.251 e. The first-order valence-electron chi connectivity index (χ1n) is 6.39. The number of alkyl halides is 1. The highest BCUT2D eigenvalue weighted by molar-refractivity contribution is 9.09. The second kappa shape index (κ2) is 9.46. The van der Waals surface area contributed by atoms with E-state index in [0.717, 1.165) is 5.33 Å². The average molecular weight is 362 g/mol. The molecule has 1 aromatic carbocycles. The molecular formula is C14H20BrNO5. The van der Waals surface area contributed by atoms with Gasteiger partial charge in [0.05, 0.1) is 34.5 Å². The van der Waals surface area contributed by atoms with Crippen molar-refractivity contribution in [1.29, 1.82) is 0 Å². The molecule has 1 amide bonds. The zero-order valence-electron chi connectivity index (χ0n) is 12.4.